The van der Waals surface area contributed by atoms with Crippen molar-refractivity contribution in [1.29, 1.82) is 0 Å². The summed E-state index contributed by atoms with van der Waals surface area (Å²) in [7, 11) is -2.21. The molecule has 0 spiro atoms. The molecule has 0 aliphatic heterocycles. The van der Waals surface area contributed by atoms with E-state index < -0.39 is 8.56 Å². The van der Waals surface area contributed by atoms with Gasteiger partial charge in [-0.3, -0.25) is 0 Å². The van der Waals surface area contributed by atoms with E-state index >= 15 is 0 Å². The smallest absolute Gasteiger partial charge is 0.331 e. The highest BCUT2D eigenvalue weighted by Crippen LogP contribution is 2.12. The van der Waals surface area contributed by atoms with Crippen LogP contribution in [0.2, 0.25) is 13.1 Å². The lowest BCUT2D eigenvalue weighted by atomic mass is 10.1. The van der Waals surface area contributed by atoms with Crippen LogP contribution in [-0.4, -0.2) is 127 Å². The van der Waals surface area contributed by atoms with Crippen LogP contribution in [0.3, 0.4) is 0 Å². The highest BCUT2D eigenvalue weighted by atomic mass is 28.4. The number of rotatable bonds is 48. The summed E-state index contributed by atoms with van der Waals surface area (Å²) in [6.07, 6.45) is 26.9. The van der Waals surface area contributed by atoms with E-state index in [-0.39, 0.29) is 0 Å². The van der Waals surface area contributed by atoms with Crippen molar-refractivity contribution in [2.24, 2.45) is 0 Å². The first-order valence-electron chi connectivity index (χ1n) is 22.0. The largest absolute Gasteiger partial charge is 0.392 e. The zero-order valence-electron chi connectivity index (χ0n) is 35.5. The lowest BCUT2D eigenvalue weighted by Gasteiger charge is -2.22. The number of ether oxygens (including phenoxy) is 8. The van der Waals surface area contributed by atoms with Crippen molar-refractivity contribution < 1.29 is 46.7 Å². The molecule has 0 radical (unpaired) electrons. The van der Waals surface area contributed by atoms with Crippen LogP contribution in [0, 0.1) is 0 Å². The highest BCUT2D eigenvalue weighted by molar-refractivity contribution is 6.64. The molecule has 11 heteroatoms. The Morgan fingerprint density at radius 2 is 0.415 bits per heavy atom. The van der Waals surface area contributed by atoms with Gasteiger partial charge >= 0.3 is 8.56 Å². The Labute approximate surface area is 328 Å². The zero-order chi connectivity index (χ0) is 38.4. The van der Waals surface area contributed by atoms with Crippen LogP contribution in [0.5, 0.6) is 0 Å². The van der Waals surface area contributed by atoms with Crippen LogP contribution in [0.1, 0.15) is 142 Å². The van der Waals surface area contributed by atoms with Crippen molar-refractivity contribution in [3.8, 4) is 0 Å². The van der Waals surface area contributed by atoms with Gasteiger partial charge in [-0.05, 0) is 25.9 Å². The second-order valence-corrected chi connectivity index (χ2v) is 17.7. The van der Waals surface area contributed by atoms with E-state index in [4.69, 9.17) is 46.7 Å². The minimum atomic E-state index is -2.21. The molecule has 0 saturated heterocycles. The summed E-state index contributed by atoms with van der Waals surface area (Å²) in [6, 6.07) is 0. The van der Waals surface area contributed by atoms with Gasteiger partial charge in [0.15, 0.2) is 0 Å². The van der Waals surface area contributed by atoms with E-state index in [1.54, 1.807) is 0 Å². The maximum absolute atomic E-state index is 5.94. The zero-order valence-corrected chi connectivity index (χ0v) is 36.5. The monoisotopic (exact) mass is 781 g/mol. The van der Waals surface area contributed by atoms with Crippen molar-refractivity contribution in [3.05, 3.63) is 0 Å². The number of hydrogen-bond donors (Lipinski definition) is 0. The number of hydrogen-bond acceptors (Lipinski definition) is 10. The molecule has 320 valence electrons. The molecule has 0 heterocycles. The van der Waals surface area contributed by atoms with Crippen LogP contribution >= 0.6 is 0 Å². The fourth-order valence-corrected chi connectivity index (χ4v) is 6.87. The predicted octanol–water partition coefficient (Wildman–Crippen LogP) is 9.70. The van der Waals surface area contributed by atoms with Crippen molar-refractivity contribution in [2.75, 3.05) is 119 Å². The molecule has 0 atom stereocenters. The Hall–Kier alpha value is -0.183. The second-order valence-electron chi connectivity index (χ2n) is 14.4. The van der Waals surface area contributed by atoms with Gasteiger partial charge in [0, 0.05) is 13.2 Å². The summed E-state index contributed by atoms with van der Waals surface area (Å²) in [5.41, 5.74) is 0. The van der Waals surface area contributed by atoms with Gasteiger partial charge in [0.05, 0.1) is 106 Å². The molecular formula is C42H88O10Si. The molecule has 0 amide bonds. The average Bonchev–Trinajstić information content (AvgIpc) is 3.15. The van der Waals surface area contributed by atoms with Crippen LogP contribution < -0.4 is 0 Å². The molecule has 0 rings (SSSR count). The van der Waals surface area contributed by atoms with E-state index in [1.165, 1.54) is 116 Å². The molecule has 0 aromatic heterocycles. The molecule has 10 nitrogen and oxygen atoms in total. The Bertz CT molecular complexity index is 609. The molecule has 0 unspecified atom stereocenters. The maximum Gasteiger partial charge on any atom is 0.331 e. The van der Waals surface area contributed by atoms with Gasteiger partial charge in [0.1, 0.15) is 0 Å². The van der Waals surface area contributed by atoms with Gasteiger partial charge in [0.25, 0.3) is 0 Å². The van der Waals surface area contributed by atoms with Gasteiger partial charge in [-0.15, -0.1) is 0 Å². The first kappa shape index (κ1) is 52.8. The summed E-state index contributed by atoms with van der Waals surface area (Å²) in [5, 5.41) is 0. The van der Waals surface area contributed by atoms with Gasteiger partial charge in [-0.1, -0.05) is 129 Å². The SMILES string of the molecule is CCCCCCCCCCCCOCCOCCOCCOCCO[Si](C)(C)OCCOCCOCCOCCOCCCCCCCCCCCC. The summed E-state index contributed by atoms with van der Waals surface area (Å²) >= 11 is 0. The van der Waals surface area contributed by atoms with Gasteiger partial charge in [-0.25, -0.2) is 0 Å². The molecule has 0 aromatic carbocycles. The maximum atomic E-state index is 5.94. The summed E-state index contributed by atoms with van der Waals surface area (Å²) in [6.45, 7) is 19.3. The summed E-state index contributed by atoms with van der Waals surface area (Å²) in [4.78, 5) is 0. The molecule has 0 fully saturated rings. The van der Waals surface area contributed by atoms with Crippen molar-refractivity contribution in [1.82, 2.24) is 0 Å². The Morgan fingerprint density at radius 1 is 0.226 bits per heavy atom. The minimum Gasteiger partial charge on any atom is -0.392 e. The van der Waals surface area contributed by atoms with Gasteiger partial charge in [0.2, 0.25) is 0 Å². The highest BCUT2D eigenvalue weighted by Gasteiger charge is 2.24. The van der Waals surface area contributed by atoms with E-state index in [0.29, 0.717) is 106 Å². The summed E-state index contributed by atoms with van der Waals surface area (Å²) in [5.74, 6) is 0. The van der Waals surface area contributed by atoms with Gasteiger partial charge in [-0.2, -0.15) is 0 Å². The normalized spacial score (nSPS) is 12.0. The van der Waals surface area contributed by atoms with Crippen molar-refractivity contribution in [2.45, 2.75) is 155 Å². The van der Waals surface area contributed by atoms with Crippen LogP contribution in [-0.2, 0) is 46.7 Å². The molecule has 0 N–H and O–H groups in total. The topological polar surface area (TPSA) is 92.3 Å². The second kappa shape index (κ2) is 46.2. The standard InChI is InChI=1S/C42H88O10Si/c1-5-7-9-11-13-15-17-19-21-23-25-43-27-29-45-31-33-47-35-37-49-39-41-51-53(3,4)52-42-40-50-38-36-48-34-32-46-30-28-44-26-24-22-20-18-16-14-12-10-8-6-2/h5-42H2,1-4H3. The Kier molecular flexibility index (Phi) is 46.0. The molecule has 0 bridgehead atoms. The molecule has 0 aromatic rings. The van der Waals surface area contributed by atoms with Crippen molar-refractivity contribution >= 4 is 8.56 Å². The molecule has 53 heavy (non-hydrogen) atoms. The average molecular weight is 781 g/mol. The lowest BCUT2D eigenvalue weighted by molar-refractivity contribution is -0.00926. The van der Waals surface area contributed by atoms with Crippen LogP contribution in [0.15, 0.2) is 0 Å². The van der Waals surface area contributed by atoms with Gasteiger partial charge < -0.3 is 46.7 Å². The molecule has 0 aliphatic rings. The third-order valence-corrected chi connectivity index (χ3v) is 10.7. The lowest BCUT2D eigenvalue weighted by Crippen LogP contribution is -2.37. The third-order valence-electron chi connectivity index (χ3n) is 8.87. The fourth-order valence-electron chi connectivity index (χ4n) is 5.64. The molecule has 0 aliphatic carbocycles. The third kappa shape index (κ3) is 47.9. The fraction of sp³-hybridized carbons (Fsp3) is 1.00. The van der Waals surface area contributed by atoms with E-state index in [0.717, 1.165) is 26.1 Å². The first-order valence-corrected chi connectivity index (χ1v) is 24.8. The van der Waals surface area contributed by atoms with Crippen LogP contribution in [0.4, 0.5) is 0 Å². The van der Waals surface area contributed by atoms with Crippen LogP contribution in [0.25, 0.3) is 0 Å². The Balaban J connectivity index is 3.23. The van der Waals surface area contributed by atoms with Crippen molar-refractivity contribution in [3.63, 3.8) is 0 Å². The van der Waals surface area contributed by atoms with E-state index in [1.807, 2.05) is 13.1 Å². The first-order chi connectivity index (χ1) is 26.1. The molecule has 0 saturated carbocycles. The predicted molar refractivity (Wildman–Crippen MR) is 220 cm³/mol. The quantitative estimate of drug-likeness (QED) is 0.0439. The minimum absolute atomic E-state index is 0.504. The number of unbranched alkanes of at least 4 members (excludes halogenated alkanes) is 18. The molecular weight excluding hydrogens is 693 g/mol. The van der Waals surface area contributed by atoms with E-state index in [9.17, 15) is 0 Å². The summed E-state index contributed by atoms with van der Waals surface area (Å²) < 4.78 is 56.8. The van der Waals surface area contributed by atoms with E-state index in [2.05, 4.69) is 13.8 Å². The Morgan fingerprint density at radius 3 is 0.660 bits per heavy atom.